The van der Waals surface area contributed by atoms with Crippen LogP contribution in [0.15, 0.2) is 18.2 Å². The second kappa shape index (κ2) is 5.51. The van der Waals surface area contributed by atoms with Crippen molar-refractivity contribution in [3.05, 3.63) is 29.3 Å². The minimum Gasteiger partial charge on any atom is -0.399 e. The zero-order valence-corrected chi connectivity index (χ0v) is 12.7. The SMILES string of the molecule is CN1CCN(Cc2cc(N)cc(C(C)(C)C)c2)CC1. The molecule has 1 fully saturated rings. The summed E-state index contributed by atoms with van der Waals surface area (Å²) in [4.78, 5) is 4.90. The van der Waals surface area contributed by atoms with Gasteiger partial charge in [0, 0.05) is 38.4 Å². The van der Waals surface area contributed by atoms with E-state index in [2.05, 4.69) is 55.8 Å². The summed E-state index contributed by atoms with van der Waals surface area (Å²) < 4.78 is 0. The lowest BCUT2D eigenvalue weighted by Gasteiger charge is -2.32. The molecule has 3 nitrogen and oxygen atoms in total. The Morgan fingerprint density at radius 2 is 1.68 bits per heavy atom. The normalized spacial score (nSPS) is 18.7. The highest BCUT2D eigenvalue weighted by atomic mass is 15.2. The van der Waals surface area contributed by atoms with Gasteiger partial charge in [0.25, 0.3) is 0 Å². The van der Waals surface area contributed by atoms with Crippen LogP contribution in [-0.2, 0) is 12.0 Å². The lowest BCUT2D eigenvalue weighted by Crippen LogP contribution is -2.43. The van der Waals surface area contributed by atoms with Crippen LogP contribution in [0.3, 0.4) is 0 Å². The van der Waals surface area contributed by atoms with Crippen molar-refractivity contribution in [2.24, 2.45) is 0 Å². The second-order valence-corrected chi connectivity index (χ2v) is 6.79. The predicted molar refractivity (Wildman–Crippen MR) is 82.3 cm³/mol. The second-order valence-electron chi connectivity index (χ2n) is 6.79. The van der Waals surface area contributed by atoms with Gasteiger partial charge in [0.05, 0.1) is 0 Å². The van der Waals surface area contributed by atoms with Gasteiger partial charge in [-0.3, -0.25) is 4.90 Å². The standard InChI is InChI=1S/C16H27N3/c1-16(2,3)14-9-13(10-15(17)11-14)12-19-7-5-18(4)6-8-19/h9-11H,5-8,12,17H2,1-4H3. The van der Waals surface area contributed by atoms with E-state index in [9.17, 15) is 0 Å². The lowest BCUT2D eigenvalue weighted by atomic mass is 9.86. The van der Waals surface area contributed by atoms with E-state index >= 15 is 0 Å². The van der Waals surface area contributed by atoms with Gasteiger partial charge in [0.15, 0.2) is 0 Å². The first-order chi connectivity index (χ1) is 8.84. The van der Waals surface area contributed by atoms with E-state index in [-0.39, 0.29) is 5.41 Å². The summed E-state index contributed by atoms with van der Waals surface area (Å²) in [6.07, 6.45) is 0. The number of piperazine rings is 1. The molecule has 0 atom stereocenters. The Morgan fingerprint density at radius 3 is 2.26 bits per heavy atom. The molecule has 0 bridgehead atoms. The number of rotatable bonds is 2. The number of hydrogen-bond acceptors (Lipinski definition) is 3. The van der Waals surface area contributed by atoms with Gasteiger partial charge in [0.1, 0.15) is 0 Å². The largest absolute Gasteiger partial charge is 0.399 e. The molecule has 0 amide bonds. The molecule has 1 heterocycles. The van der Waals surface area contributed by atoms with Crippen molar-refractivity contribution in [2.75, 3.05) is 39.0 Å². The summed E-state index contributed by atoms with van der Waals surface area (Å²) in [7, 11) is 2.19. The number of nitrogen functional groups attached to an aromatic ring is 1. The van der Waals surface area contributed by atoms with Crippen LogP contribution in [0.25, 0.3) is 0 Å². The van der Waals surface area contributed by atoms with Gasteiger partial charge in [-0.15, -0.1) is 0 Å². The maximum absolute atomic E-state index is 6.06. The highest BCUT2D eigenvalue weighted by molar-refractivity contribution is 5.46. The van der Waals surface area contributed by atoms with Crippen molar-refractivity contribution in [1.29, 1.82) is 0 Å². The fourth-order valence-corrected chi connectivity index (χ4v) is 2.51. The molecule has 3 heteroatoms. The van der Waals surface area contributed by atoms with Crippen LogP contribution in [0, 0.1) is 0 Å². The van der Waals surface area contributed by atoms with Gasteiger partial charge in [-0.2, -0.15) is 0 Å². The maximum Gasteiger partial charge on any atom is 0.0320 e. The smallest absolute Gasteiger partial charge is 0.0320 e. The minimum atomic E-state index is 0.159. The summed E-state index contributed by atoms with van der Waals surface area (Å²) in [6.45, 7) is 12.3. The fourth-order valence-electron chi connectivity index (χ4n) is 2.51. The van der Waals surface area contributed by atoms with Crippen LogP contribution in [0.4, 0.5) is 5.69 Å². The molecule has 2 rings (SSSR count). The molecule has 0 saturated carbocycles. The number of nitrogens with zero attached hydrogens (tertiary/aromatic N) is 2. The molecule has 0 unspecified atom stereocenters. The highest BCUT2D eigenvalue weighted by Gasteiger charge is 2.17. The van der Waals surface area contributed by atoms with Crippen LogP contribution in [0.1, 0.15) is 31.9 Å². The van der Waals surface area contributed by atoms with Crippen molar-refractivity contribution in [1.82, 2.24) is 9.80 Å². The summed E-state index contributed by atoms with van der Waals surface area (Å²) in [6, 6.07) is 6.54. The zero-order valence-electron chi connectivity index (χ0n) is 12.7. The molecule has 0 aromatic heterocycles. The van der Waals surface area contributed by atoms with E-state index in [1.807, 2.05) is 0 Å². The summed E-state index contributed by atoms with van der Waals surface area (Å²) >= 11 is 0. The van der Waals surface area contributed by atoms with Gasteiger partial charge < -0.3 is 10.6 Å². The monoisotopic (exact) mass is 261 g/mol. The number of nitrogens with two attached hydrogens (primary N) is 1. The Balaban J connectivity index is 2.10. The van der Waals surface area contributed by atoms with Crippen LogP contribution in [0.2, 0.25) is 0 Å². The molecule has 1 saturated heterocycles. The lowest BCUT2D eigenvalue weighted by molar-refractivity contribution is 0.148. The first-order valence-corrected chi connectivity index (χ1v) is 7.15. The van der Waals surface area contributed by atoms with Gasteiger partial charge in [-0.05, 0) is 35.7 Å². The molecule has 0 aliphatic carbocycles. The topological polar surface area (TPSA) is 32.5 Å². The molecule has 1 aliphatic rings. The Bertz CT molecular complexity index is 426. The summed E-state index contributed by atoms with van der Waals surface area (Å²) in [5, 5.41) is 0. The Hall–Kier alpha value is -1.06. The van der Waals surface area contributed by atoms with Crippen molar-refractivity contribution in [2.45, 2.75) is 32.7 Å². The van der Waals surface area contributed by atoms with Crippen LogP contribution >= 0.6 is 0 Å². The quantitative estimate of drug-likeness (QED) is 0.829. The first-order valence-electron chi connectivity index (χ1n) is 7.15. The Kier molecular flexibility index (Phi) is 4.16. The van der Waals surface area contributed by atoms with Gasteiger partial charge in [-0.1, -0.05) is 26.8 Å². The molecule has 1 aliphatic heterocycles. The maximum atomic E-state index is 6.06. The molecular formula is C16H27N3. The highest BCUT2D eigenvalue weighted by Crippen LogP contribution is 2.26. The Morgan fingerprint density at radius 1 is 1.05 bits per heavy atom. The number of likely N-dealkylation sites (N-methyl/N-ethyl adjacent to an activating group) is 1. The van der Waals surface area contributed by atoms with Crippen molar-refractivity contribution in [3.63, 3.8) is 0 Å². The van der Waals surface area contributed by atoms with Gasteiger partial charge in [-0.25, -0.2) is 0 Å². The Labute approximate surface area is 117 Å². The molecule has 0 radical (unpaired) electrons. The predicted octanol–water partition coefficient (Wildman–Crippen LogP) is 2.31. The minimum absolute atomic E-state index is 0.159. The molecule has 19 heavy (non-hydrogen) atoms. The fraction of sp³-hybridized carbons (Fsp3) is 0.625. The van der Waals surface area contributed by atoms with E-state index < -0.39 is 0 Å². The third-order valence-corrected chi connectivity index (χ3v) is 3.88. The van der Waals surface area contributed by atoms with Crippen molar-refractivity contribution >= 4 is 5.69 Å². The first kappa shape index (κ1) is 14.4. The van der Waals surface area contributed by atoms with Crippen molar-refractivity contribution in [3.8, 4) is 0 Å². The van der Waals surface area contributed by atoms with E-state index in [0.29, 0.717) is 0 Å². The van der Waals surface area contributed by atoms with E-state index in [1.54, 1.807) is 0 Å². The van der Waals surface area contributed by atoms with Crippen LogP contribution in [-0.4, -0.2) is 43.0 Å². The molecular weight excluding hydrogens is 234 g/mol. The summed E-state index contributed by atoms with van der Waals surface area (Å²) in [5.74, 6) is 0. The number of benzene rings is 1. The molecule has 0 spiro atoms. The molecule has 2 N–H and O–H groups in total. The molecule has 1 aromatic carbocycles. The summed E-state index contributed by atoms with van der Waals surface area (Å²) in [5.41, 5.74) is 9.77. The van der Waals surface area contributed by atoms with E-state index in [4.69, 9.17) is 5.73 Å². The zero-order chi connectivity index (χ0) is 14.0. The van der Waals surface area contributed by atoms with E-state index in [0.717, 1.165) is 38.4 Å². The third-order valence-electron chi connectivity index (χ3n) is 3.88. The number of anilines is 1. The molecule has 106 valence electrons. The third kappa shape index (κ3) is 3.95. The van der Waals surface area contributed by atoms with Crippen LogP contribution in [0.5, 0.6) is 0 Å². The average molecular weight is 261 g/mol. The van der Waals surface area contributed by atoms with Gasteiger partial charge >= 0.3 is 0 Å². The van der Waals surface area contributed by atoms with Crippen LogP contribution < -0.4 is 5.73 Å². The molecule has 1 aromatic rings. The van der Waals surface area contributed by atoms with Crippen molar-refractivity contribution < 1.29 is 0 Å². The van der Waals surface area contributed by atoms with E-state index in [1.165, 1.54) is 11.1 Å². The van der Waals surface area contributed by atoms with Gasteiger partial charge in [0.2, 0.25) is 0 Å². The average Bonchev–Trinajstić information content (AvgIpc) is 2.30. The number of hydrogen-bond donors (Lipinski definition) is 1.